The molecule has 3 rings (SSSR count). The molecular weight excluding hydrogens is 1420 g/mol. The van der Waals surface area contributed by atoms with Crippen LogP contribution in [-0.4, -0.2) is 193 Å². The van der Waals surface area contributed by atoms with Crippen LogP contribution in [0.1, 0.15) is 316 Å². The molecule has 3 aliphatic rings. The summed E-state index contributed by atoms with van der Waals surface area (Å²) in [6, 6.07) is -0.905. The van der Waals surface area contributed by atoms with Crippen LogP contribution in [0.2, 0.25) is 0 Å². The highest BCUT2D eigenvalue weighted by Crippen LogP contribution is 2.33. The number of hydrogen-bond acceptors (Lipinski definition) is 18. The maximum atomic E-state index is 13.5. The number of carbonyl (C=O) groups is 1. The predicted molar refractivity (Wildman–Crippen MR) is 452 cm³/mol. The second-order valence-corrected chi connectivity index (χ2v) is 31.0. The van der Waals surface area contributed by atoms with E-state index in [9.17, 15) is 61.0 Å². The van der Waals surface area contributed by atoms with Crippen molar-refractivity contribution in [2.45, 2.75) is 420 Å². The van der Waals surface area contributed by atoms with Crippen molar-refractivity contribution in [3.05, 3.63) is 134 Å². The minimum Gasteiger partial charge on any atom is -0.394 e. The number of ether oxygens (including phenoxy) is 6. The van der Waals surface area contributed by atoms with Gasteiger partial charge in [-0.3, -0.25) is 4.79 Å². The molecule has 3 aliphatic heterocycles. The van der Waals surface area contributed by atoms with Crippen molar-refractivity contribution in [1.82, 2.24) is 5.32 Å². The van der Waals surface area contributed by atoms with Crippen LogP contribution in [0, 0.1) is 0 Å². The highest BCUT2D eigenvalue weighted by Gasteiger charge is 2.54. The predicted octanol–water partition coefficient (Wildman–Crippen LogP) is 16.8. The lowest BCUT2D eigenvalue weighted by Gasteiger charge is -2.48. The standard InChI is InChI=1S/C93H159NO18/c1-3-5-7-9-11-13-15-17-19-21-23-25-27-29-31-32-33-34-35-36-37-38-39-40-41-42-43-44-45-47-49-51-53-55-57-59-61-63-65-67-69-71-81(99)94-76(77(98)70-68-66-64-62-60-58-56-54-52-50-48-46-30-28-26-24-22-20-18-16-14-12-10-8-6-4-2)75-107-91-87(105)84(102)89(79(73-96)109-91)112-93-88(106)85(103)90(80(74-97)110-93)111-92-86(104)83(101)82(100)78(72-95)108-92/h5,7,11,13,17,19,23,25,29,31,33-34,36-37,39-40,42-43,45,47,51,53,76-80,82-93,95-98,100-106H,3-4,6,8-10,12,14-16,18,20-22,24,26-28,30,32,35,38,41,44,46,48-50,52,54-75H2,1-2H3,(H,94,99)/b7-5-,13-11-,19-17-,25-23-,31-29-,34-33-,37-36-,40-39-,43-42-,47-45-,53-51-. The minimum atomic E-state index is -1.98. The van der Waals surface area contributed by atoms with E-state index < -0.39 is 124 Å². The van der Waals surface area contributed by atoms with Gasteiger partial charge in [0.25, 0.3) is 0 Å². The third-order valence-corrected chi connectivity index (χ3v) is 21.2. The quantitative estimate of drug-likeness (QED) is 0.0199. The summed E-state index contributed by atoms with van der Waals surface area (Å²) in [5.41, 5.74) is 0. The lowest BCUT2D eigenvalue weighted by molar-refractivity contribution is -0.379. The lowest BCUT2D eigenvalue weighted by atomic mass is 9.96. The van der Waals surface area contributed by atoms with Gasteiger partial charge in [0.05, 0.1) is 38.6 Å². The van der Waals surface area contributed by atoms with Crippen LogP contribution in [0.4, 0.5) is 0 Å². The largest absolute Gasteiger partial charge is 0.394 e. The van der Waals surface area contributed by atoms with Crippen LogP contribution in [-0.2, 0) is 33.2 Å². The van der Waals surface area contributed by atoms with Crippen LogP contribution in [0.5, 0.6) is 0 Å². The van der Waals surface area contributed by atoms with E-state index >= 15 is 0 Å². The smallest absolute Gasteiger partial charge is 0.220 e. The molecule has 0 aromatic rings. The average Bonchev–Trinajstić information content (AvgIpc) is 0.781. The molecule has 17 atom stereocenters. The van der Waals surface area contributed by atoms with Gasteiger partial charge in [-0.1, -0.05) is 347 Å². The molecule has 19 nitrogen and oxygen atoms in total. The third kappa shape index (κ3) is 49.2. The molecule has 0 saturated carbocycles. The summed E-state index contributed by atoms with van der Waals surface area (Å²) in [7, 11) is 0. The number of allylic oxidation sites excluding steroid dienone is 22. The first-order valence-electron chi connectivity index (χ1n) is 44.4. The number of nitrogens with one attached hydrogen (secondary N) is 1. The van der Waals surface area contributed by atoms with Crippen molar-refractivity contribution >= 4 is 5.91 Å². The molecule has 12 N–H and O–H groups in total. The van der Waals surface area contributed by atoms with Crippen molar-refractivity contribution in [3.63, 3.8) is 0 Å². The Balaban J connectivity index is 1.34. The van der Waals surface area contributed by atoms with Gasteiger partial charge in [0, 0.05) is 6.42 Å². The van der Waals surface area contributed by atoms with Gasteiger partial charge in [0.1, 0.15) is 73.2 Å². The first kappa shape index (κ1) is 102. The van der Waals surface area contributed by atoms with Crippen LogP contribution in [0.25, 0.3) is 0 Å². The molecular formula is C93H159NO18. The molecule has 0 aromatic heterocycles. The molecule has 3 fully saturated rings. The van der Waals surface area contributed by atoms with Gasteiger partial charge in [-0.25, -0.2) is 0 Å². The zero-order valence-electron chi connectivity index (χ0n) is 69.4. The summed E-state index contributed by atoms with van der Waals surface area (Å²) >= 11 is 0. The molecule has 0 spiro atoms. The SMILES string of the molecule is CC/C=C\C/C=C\C/C=C\C/C=C\C/C=C\C/C=C\C/C=C\C/C=C\C/C=C\C/C=C\C/C=C\CCCCCCCCCC(=O)NC(COC1OC(CO)C(OC2OC(CO)C(OC3OC(CO)C(O)C(O)C3O)C(O)C2O)C(O)C1O)C(O)CCCCCCCCCCCCCCCCCCCCCCCCCCCC. The van der Waals surface area contributed by atoms with Crippen LogP contribution < -0.4 is 5.32 Å². The first-order valence-corrected chi connectivity index (χ1v) is 44.4. The van der Waals surface area contributed by atoms with Gasteiger partial charge in [-0.05, 0) is 96.3 Å². The summed E-state index contributed by atoms with van der Waals surface area (Å²) in [5, 5.41) is 121. The molecule has 3 saturated heterocycles. The normalized spacial score (nSPS) is 25.6. The molecule has 19 heteroatoms. The van der Waals surface area contributed by atoms with Crippen molar-refractivity contribution < 1.29 is 89.4 Å². The lowest BCUT2D eigenvalue weighted by Crippen LogP contribution is -2.66. The number of rotatable bonds is 70. The van der Waals surface area contributed by atoms with Crippen molar-refractivity contribution in [2.24, 2.45) is 0 Å². The summed E-state index contributed by atoms with van der Waals surface area (Å²) in [6.07, 6.45) is 75.4. The van der Waals surface area contributed by atoms with E-state index in [2.05, 4.69) is 153 Å². The van der Waals surface area contributed by atoms with Gasteiger partial charge in [-0.2, -0.15) is 0 Å². The Morgan fingerprint density at radius 3 is 0.964 bits per heavy atom. The van der Waals surface area contributed by atoms with E-state index in [4.69, 9.17) is 28.4 Å². The molecule has 17 unspecified atom stereocenters. The fraction of sp³-hybridized carbons (Fsp3) is 0.753. The van der Waals surface area contributed by atoms with Gasteiger partial charge < -0.3 is 89.9 Å². The Kier molecular flexibility index (Phi) is 64.8. The van der Waals surface area contributed by atoms with E-state index in [1.807, 2.05) is 0 Å². The van der Waals surface area contributed by atoms with E-state index in [0.29, 0.717) is 12.8 Å². The zero-order chi connectivity index (χ0) is 81.0. The summed E-state index contributed by atoms with van der Waals surface area (Å²) in [6.45, 7) is 1.71. The maximum absolute atomic E-state index is 13.5. The number of aliphatic hydroxyl groups excluding tert-OH is 11. The van der Waals surface area contributed by atoms with E-state index in [1.165, 1.54) is 141 Å². The number of unbranched alkanes of at least 4 members (excludes halogenated alkanes) is 32. The monoisotopic (exact) mass is 1580 g/mol. The van der Waals surface area contributed by atoms with E-state index in [-0.39, 0.29) is 18.9 Å². The minimum absolute atomic E-state index is 0.246. The molecule has 0 radical (unpaired) electrons. The topological polar surface area (TPSA) is 307 Å². The van der Waals surface area contributed by atoms with Gasteiger partial charge in [0.15, 0.2) is 18.9 Å². The molecule has 112 heavy (non-hydrogen) atoms. The first-order chi connectivity index (χ1) is 54.8. The molecule has 0 bridgehead atoms. The fourth-order valence-corrected chi connectivity index (χ4v) is 14.2. The average molecular weight is 1580 g/mol. The van der Waals surface area contributed by atoms with E-state index in [0.717, 1.165) is 141 Å². The zero-order valence-corrected chi connectivity index (χ0v) is 69.4. The second-order valence-electron chi connectivity index (χ2n) is 31.0. The number of amides is 1. The number of carbonyl (C=O) groups excluding carboxylic acids is 1. The van der Waals surface area contributed by atoms with Gasteiger partial charge in [-0.15, -0.1) is 0 Å². The summed E-state index contributed by atoms with van der Waals surface area (Å²) in [4.78, 5) is 13.5. The Morgan fingerprint density at radius 1 is 0.330 bits per heavy atom. The van der Waals surface area contributed by atoms with Crippen LogP contribution >= 0.6 is 0 Å². The van der Waals surface area contributed by atoms with Gasteiger partial charge >= 0.3 is 0 Å². The Morgan fingerprint density at radius 2 is 0.616 bits per heavy atom. The number of hydrogen-bond donors (Lipinski definition) is 12. The molecule has 3 heterocycles. The van der Waals surface area contributed by atoms with Gasteiger partial charge in [0.2, 0.25) is 5.91 Å². The maximum Gasteiger partial charge on any atom is 0.220 e. The molecule has 1 amide bonds. The molecule has 644 valence electrons. The Labute approximate surface area is 677 Å². The highest BCUT2D eigenvalue weighted by atomic mass is 16.8. The highest BCUT2D eigenvalue weighted by molar-refractivity contribution is 5.76. The summed E-state index contributed by atoms with van der Waals surface area (Å²) < 4.78 is 34.6. The van der Waals surface area contributed by atoms with Crippen LogP contribution in [0.15, 0.2) is 134 Å². The van der Waals surface area contributed by atoms with Crippen LogP contribution in [0.3, 0.4) is 0 Å². The Bertz CT molecular complexity index is 2540. The van der Waals surface area contributed by atoms with Crippen molar-refractivity contribution in [1.29, 1.82) is 0 Å². The Hall–Kier alpha value is -4.07. The molecule has 0 aliphatic carbocycles. The summed E-state index contributed by atoms with van der Waals surface area (Å²) in [5.74, 6) is -0.255. The number of aliphatic hydroxyl groups is 11. The fourth-order valence-electron chi connectivity index (χ4n) is 14.2. The van der Waals surface area contributed by atoms with Crippen molar-refractivity contribution in [3.8, 4) is 0 Å². The third-order valence-electron chi connectivity index (χ3n) is 21.2. The van der Waals surface area contributed by atoms with Crippen molar-refractivity contribution in [2.75, 3.05) is 26.4 Å². The van der Waals surface area contributed by atoms with E-state index in [1.54, 1.807) is 0 Å². The molecule has 0 aromatic carbocycles. The second kappa shape index (κ2) is 71.1.